The van der Waals surface area contributed by atoms with E-state index in [1.165, 1.54) is 0 Å². The van der Waals surface area contributed by atoms with Gasteiger partial charge in [0.1, 0.15) is 50.9 Å². The van der Waals surface area contributed by atoms with Crippen LogP contribution < -0.4 is 76.4 Å². The number of anilines is 7. The lowest BCUT2D eigenvalue weighted by atomic mass is 9.96. The van der Waals surface area contributed by atoms with Crippen LogP contribution in [-0.4, -0.2) is 204 Å². The summed E-state index contributed by atoms with van der Waals surface area (Å²) in [6.07, 6.45) is 37.6. The molecule has 0 bridgehead atoms. The van der Waals surface area contributed by atoms with E-state index in [-0.39, 0.29) is 6.04 Å². The number of furan rings is 1. The van der Waals surface area contributed by atoms with Gasteiger partial charge in [-0.25, -0.2) is 29.9 Å². The van der Waals surface area contributed by atoms with Gasteiger partial charge in [-0.05, 0) is 251 Å². The van der Waals surface area contributed by atoms with Crippen molar-refractivity contribution in [1.29, 1.82) is 0 Å². The predicted molar refractivity (Wildman–Crippen MR) is 560 cm³/mol. The minimum atomic E-state index is 0.187. The third-order valence-electron chi connectivity index (χ3n) is 25.9. The van der Waals surface area contributed by atoms with Crippen molar-refractivity contribution >= 4 is 182 Å². The number of nitrogens with zero attached hydrogens (tertiary/aromatic N) is 24. The van der Waals surface area contributed by atoms with Crippen LogP contribution in [0.15, 0.2) is 177 Å². The van der Waals surface area contributed by atoms with E-state index in [1.54, 1.807) is 98.4 Å². The van der Waals surface area contributed by atoms with E-state index in [0.717, 1.165) is 317 Å². The number of hydrogen-bond acceptors (Lipinski definition) is 31. The number of rotatable bonds is 13. The number of aromatic nitrogens is 23. The second-order valence-corrected chi connectivity index (χ2v) is 40.4. The number of halogens is 6. The van der Waals surface area contributed by atoms with Gasteiger partial charge in [0.15, 0.2) is 33.9 Å². The van der Waals surface area contributed by atoms with Crippen molar-refractivity contribution in [3.8, 4) is 72.5 Å². The maximum absolute atomic E-state index is 6.34. The van der Waals surface area contributed by atoms with Crippen molar-refractivity contribution in [3.63, 3.8) is 0 Å². The van der Waals surface area contributed by atoms with Gasteiger partial charge in [0, 0.05) is 176 Å². The van der Waals surface area contributed by atoms with E-state index >= 15 is 0 Å². The molecule has 6 aliphatic heterocycles. The molecule has 5 unspecified atom stereocenters. The fourth-order valence-electron chi connectivity index (χ4n) is 18.5. The van der Waals surface area contributed by atoms with Crippen LogP contribution in [0.1, 0.15) is 129 Å². The average molecular weight is 2270 g/mol. The van der Waals surface area contributed by atoms with Crippen LogP contribution in [0, 0.1) is 0 Å². The van der Waals surface area contributed by atoms with Crippen molar-refractivity contribution < 1.29 is 9.15 Å². The summed E-state index contributed by atoms with van der Waals surface area (Å²) in [5.41, 5.74) is 65.2. The van der Waals surface area contributed by atoms with E-state index in [9.17, 15) is 0 Å². The average Bonchev–Trinajstić information content (AvgIpc) is 1.65. The Morgan fingerprint density at radius 1 is 0.384 bits per heavy atom. The minimum Gasteiger partial charge on any atom is -0.497 e. The topological polar surface area (TPSA) is 498 Å². The van der Waals surface area contributed by atoms with E-state index in [4.69, 9.17) is 79.2 Å². The fraction of sp³-hybridized carbons (Fsp3) is 0.344. The molecule has 0 radical (unpaired) electrons. The van der Waals surface area contributed by atoms with Gasteiger partial charge in [-0.1, -0.05) is 18.2 Å². The Morgan fingerprint density at radius 2 is 0.739 bits per heavy atom. The number of methoxy groups -OCH3 is 1. The summed E-state index contributed by atoms with van der Waals surface area (Å²) in [7, 11) is 5.45. The maximum atomic E-state index is 6.34. The van der Waals surface area contributed by atoms with Gasteiger partial charge >= 0.3 is 0 Å². The zero-order chi connectivity index (χ0) is 95.5. The van der Waals surface area contributed by atoms with Gasteiger partial charge in [0.2, 0.25) is 0 Å². The van der Waals surface area contributed by atoms with Crippen molar-refractivity contribution in [1.82, 2.24) is 139 Å². The normalized spacial score (nSPS) is 18.4. The van der Waals surface area contributed by atoms with Crippen LogP contribution >= 0.6 is 107 Å². The van der Waals surface area contributed by atoms with E-state index in [2.05, 4.69) is 184 Å². The van der Waals surface area contributed by atoms with Gasteiger partial charge in [-0.3, -0.25) is 14.3 Å². The zero-order valence-electron chi connectivity index (χ0n) is 75.9. The molecule has 17 aromatic heterocycles. The third kappa shape index (κ3) is 19.6. The number of hydrogen-bond donors (Lipinski definition) is 12. The summed E-state index contributed by atoms with van der Waals surface area (Å²) in [5, 5.41) is 56.1. The first-order valence-electron chi connectivity index (χ1n) is 45.7. The Bertz CT molecular complexity index is 7060. The molecule has 0 spiro atoms. The Hall–Kier alpha value is -11.5. The molecule has 0 aliphatic carbocycles. The van der Waals surface area contributed by atoms with Crippen LogP contribution in [0.4, 0.5) is 40.7 Å². The highest BCUT2D eigenvalue weighted by Crippen LogP contribution is 2.44. The highest BCUT2D eigenvalue weighted by molar-refractivity contribution is 9.11. The lowest BCUT2D eigenvalue weighted by Gasteiger charge is -2.23. The molecular formula is C93H104Br6N36O2S. The number of nitrogens with two attached hydrogens (primary N) is 7. The quantitative estimate of drug-likeness (QED) is 0.0510. The number of benzene rings is 1. The Morgan fingerprint density at radius 3 is 1.04 bits per heavy atom. The summed E-state index contributed by atoms with van der Waals surface area (Å²) in [5.74, 6) is 6.97. The molecule has 45 heteroatoms. The zero-order valence-corrected chi connectivity index (χ0v) is 86.2. The lowest BCUT2D eigenvalue weighted by Crippen LogP contribution is -2.29. The van der Waals surface area contributed by atoms with Crippen LogP contribution in [0.25, 0.3) is 101 Å². The molecule has 0 amide bonds. The van der Waals surface area contributed by atoms with Gasteiger partial charge in [0.05, 0.1) is 120 Å². The number of nitrogen functional groups attached to an aromatic ring is 6. The molecular weight excluding hydrogens is 2160 g/mol. The van der Waals surface area contributed by atoms with Crippen LogP contribution in [-0.2, 0) is 14.1 Å². The van der Waals surface area contributed by atoms with E-state index in [0.29, 0.717) is 64.5 Å². The molecule has 6 saturated heterocycles. The largest absolute Gasteiger partial charge is 0.497 e. The summed E-state index contributed by atoms with van der Waals surface area (Å²) >= 11 is 23.3. The van der Waals surface area contributed by atoms with Crippen molar-refractivity contribution in [2.24, 2.45) is 19.8 Å². The van der Waals surface area contributed by atoms with Crippen molar-refractivity contribution in [3.05, 3.63) is 201 Å². The minimum absolute atomic E-state index is 0.187. The molecule has 38 nitrogen and oxygen atoms in total. The first-order chi connectivity index (χ1) is 67.1. The lowest BCUT2D eigenvalue weighted by molar-refractivity contribution is 0.415. The first kappa shape index (κ1) is 95.4. The summed E-state index contributed by atoms with van der Waals surface area (Å²) < 4.78 is 29.1. The highest BCUT2D eigenvalue weighted by atomic mass is 79.9. The number of fused-ring (bicyclic) bond motifs is 6. The molecule has 19 N–H and O–H groups in total. The van der Waals surface area contributed by atoms with E-state index in [1.807, 2.05) is 105 Å². The Kier molecular flexibility index (Phi) is 29.3. The number of thiophene rings is 1. The highest BCUT2D eigenvalue weighted by Gasteiger charge is 2.33. The molecule has 6 fully saturated rings. The third-order valence-corrected chi connectivity index (χ3v) is 31.4. The summed E-state index contributed by atoms with van der Waals surface area (Å²) in [4.78, 5) is 35.7. The Labute approximate surface area is 847 Å². The second-order valence-electron chi connectivity index (χ2n) is 34.9. The predicted octanol–water partition coefficient (Wildman–Crippen LogP) is 14.8. The van der Waals surface area contributed by atoms with Gasteiger partial charge in [0.25, 0.3) is 0 Å². The van der Waals surface area contributed by atoms with Gasteiger partial charge < -0.3 is 80.8 Å². The summed E-state index contributed by atoms with van der Waals surface area (Å²) in [6, 6.07) is 16.0. The smallest absolute Gasteiger partial charge is 0.167 e. The summed E-state index contributed by atoms with van der Waals surface area (Å²) in [6.45, 7) is 11.7. The van der Waals surface area contributed by atoms with Crippen molar-refractivity contribution in [2.45, 2.75) is 106 Å². The van der Waals surface area contributed by atoms with Gasteiger partial charge in [-0.15, -0.1) is 0 Å². The molecule has 138 heavy (non-hydrogen) atoms. The molecule has 18 aromatic rings. The number of pyridine rings is 1. The van der Waals surface area contributed by atoms with Crippen molar-refractivity contribution in [2.75, 3.05) is 125 Å². The number of nitrogens with one attached hydrogen (secondary N) is 5. The first-order valence-corrected chi connectivity index (χ1v) is 51.4. The monoisotopic (exact) mass is 2260 g/mol. The molecule has 0 saturated carbocycles. The Balaban J connectivity index is 0.000000106. The molecule has 6 atom stereocenters. The van der Waals surface area contributed by atoms with Crippen LogP contribution in [0.2, 0.25) is 0 Å². The number of piperidine rings is 5. The second kappa shape index (κ2) is 42.3. The standard InChI is InChI=1S/C18H20BrN5O.C16H17BrN6.2C15H18BrN7.C15H16BrN5O.C14H15BrN6S/c1-25-13-6-4-11(5-7-13)14-10-22-24-17(20)15(19)16(23-18(14)24)12-3-2-8-21-9-12;17-13-14(11-4-2-6-20-8-11)22-16-12(9-21-23(16)15(13)18)10-3-1-5-19-7-10;2*1-22-8-10(6-19-22)11-7-20-23-14(17)12(16)13(21-15(11)23)9-3-2-4-18-5-9;16-12-13(9-2-1-4-18-6-9)20-15-11(10-3-5-22-8-10)7-19-21(15)14(12)17;15-11-12(17)21-13(10(5-18-21)8-2-4-22-7-8)19-14(11)20-3-1-9(16)6-20/h4-7,10,12,21H,2-3,8-9,20H2,1H3;1,3,5,7,9,11,20H,2,4,6,8,18H2;2*6-9,18H,2-5,17H2,1H3;3,5,7-9,18H,1-2,4,6,17H2;2,4-5,7,9H,1,3,6,16-17H2/t;;;;;9-/m.....0/s1. The van der Waals surface area contributed by atoms with Gasteiger partial charge in [-0.2, -0.15) is 79.2 Å². The van der Waals surface area contributed by atoms with E-state index < -0.39 is 0 Å². The molecule has 23 heterocycles. The molecule has 716 valence electrons. The maximum Gasteiger partial charge on any atom is 0.167 e. The molecule has 1 aromatic carbocycles. The van der Waals surface area contributed by atoms with Crippen LogP contribution in [0.5, 0.6) is 5.75 Å². The SMILES string of the molecule is COc1ccc(-c2cnn3c(N)c(Br)c(C4CCCNC4)nc23)cc1.Cn1cc(-c2cnn3c(N)c(Br)c(C4CCCNC4)nc23)cn1.Cn1cc(-c2cnn3c(N)c(Br)c(C4CCCNC4)nc23)cn1.Nc1c(Br)c(C2CCCNC2)nc2c(-c3cccnc3)cnn12.Nc1c(Br)c(C2CCCNC2)nc2c(-c3ccoc3)cnn12.Nc1c(Br)c(N2CC[C@H](N)C2)nc2c(-c3ccsc3)cnn12. The number of ether oxygens (including phenoxy) is 1. The fourth-order valence-corrected chi connectivity index (χ4v) is 22.6. The van der Waals surface area contributed by atoms with Crippen LogP contribution in [0.3, 0.4) is 0 Å². The molecule has 6 aliphatic rings. The molecule has 24 rings (SSSR count). The number of aryl methyl sites for hydroxylation is 2.